The van der Waals surface area contributed by atoms with Gasteiger partial charge in [-0.25, -0.2) is 0 Å². The van der Waals surface area contributed by atoms with E-state index in [-0.39, 0.29) is 22.2 Å². The first-order valence-electron chi connectivity index (χ1n) is 4.92. The normalized spacial score (nSPS) is 12.0. The van der Waals surface area contributed by atoms with Gasteiger partial charge in [0.05, 0.1) is 16.0 Å². The van der Waals surface area contributed by atoms with Gasteiger partial charge >= 0.3 is 0 Å². The maximum absolute atomic E-state index is 11.6. The van der Waals surface area contributed by atoms with Gasteiger partial charge in [0.15, 0.2) is 0 Å². The number of halogens is 2. The van der Waals surface area contributed by atoms with Crippen molar-refractivity contribution >= 4 is 34.8 Å². The molecule has 2 N–H and O–H groups in total. The minimum atomic E-state index is -0.723. The van der Waals surface area contributed by atoms with Crippen molar-refractivity contribution in [2.24, 2.45) is 0 Å². The van der Waals surface area contributed by atoms with Crippen molar-refractivity contribution in [3.63, 3.8) is 0 Å². The average molecular weight is 293 g/mol. The molecule has 0 aliphatic rings. The molecule has 1 aromatic carbocycles. The molecule has 0 bridgehead atoms. The number of nitrogens with zero attached hydrogens (tertiary/aromatic N) is 1. The molecule has 1 atom stereocenters. The van der Waals surface area contributed by atoms with Crippen LogP contribution in [0.1, 0.15) is 17.3 Å². The van der Waals surface area contributed by atoms with Gasteiger partial charge < -0.3 is 10.4 Å². The number of nitro groups is 1. The molecule has 0 saturated carbocycles. The fourth-order valence-electron chi connectivity index (χ4n) is 1.18. The maximum atomic E-state index is 11.6. The predicted molar refractivity (Wildman–Crippen MR) is 67.1 cm³/mol. The summed E-state index contributed by atoms with van der Waals surface area (Å²) in [6, 6.07) is 2.26. The first-order chi connectivity index (χ1) is 8.32. The van der Waals surface area contributed by atoms with E-state index < -0.39 is 22.6 Å². The van der Waals surface area contributed by atoms with Crippen LogP contribution < -0.4 is 5.32 Å². The van der Waals surface area contributed by atoms with Gasteiger partial charge in [-0.05, 0) is 13.0 Å². The second kappa shape index (κ2) is 5.99. The largest absolute Gasteiger partial charge is 0.392 e. The maximum Gasteiger partial charge on any atom is 0.290 e. The summed E-state index contributed by atoms with van der Waals surface area (Å²) in [6.07, 6.45) is -0.716. The van der Waals surface area contributed by atoms with E-state index in [1.807, 2.05) is 0 Å². The molecule has 0 heterocycles. The highest BCUT2D eigenvalue weighted by molar-refractivity contribution is 6.43. The van der Waals surface area contributed by atoms with Crippen molar-refractivity contribution in [3.8, 4) is 0 Å². The lowest BCUT2D eigenvalue weighted by Gasteiger charge is -2.08. The molecule has 8 heteroatoms. The van der Waals surface area contributed by atoms with E-state index in [2.05, 4.69) is 5.32 Å². The standard InChI is InChI=1S/C10H10Cl2N2O4/c1-5(15)4-13-10(16)6-2-7(11)9(12)8(3-6)14(17)18/h2-3,5,15H,4H2,1H3,(H,13,16). The average Bonchev–Trinajstić information content (AvgIpc) is 2.28. The highest BCUT2D eigenvalue weighted by Gasteiger charge is 2.20. The van der Waals surface area contributed by atoms with Crippen LogP contribution in [0.5, 0.6) is 0 Å². The first kappa shape index (κ1) is 14.7. The van der Waals surface area contributed by atoms with E-state index in [4.69, 9.17) is 28.3 Å². The molecule has 1 aromatic rings. The summed E-state index contributed by atoms with van der Waals surface area (Å²) in [5, 5.41) is 21.8. The Bertz CT molecular complexity index is 491. The van der Waals surface area contributed by atoms with E-state index >= 15 is 0 Å². The van der Waals surface area contributed by atoms with Gasteiger partial charge in [0.2, 0.25) is 0 Å². The Kier molecular flexibility index (Phi) is 4.89. The molecule has 1 amide bonds. The van der Waals surface area contributed by atoms with Crippen molar-refractivity contribution in [1.82, 2.24) is 5.32 Å². The van der Waals surface area contributed by atoms with Crippen molar-refractivity contribution in [2.75, 3.05) is 6.54 Å². The van der Waals surface area contributed by atoms with Gasteiger partial charge in [0.25, 0.3) is 11.6 Å². The van der Waals surface area contributed by atoms with Crippen LogP contribution >= 0.6 is 23.2 Å². The van der Waals surface area contributed by atoms with Crippen LogP contribution in [0, 0.1) is 10.1 Å². The Hall–Kier alpha value is -1.37. The zero-order valence-corrected chi connectivity index (χ0v) is 10.8. The molecule has 1 unspecified atom stereocenters. The lowest BCUT2D eigenvalue weighted by atomic mass is 10.2. The summed E-state index contributed by atoms with van der Waals surface area (Å²) in [4.78, 5) is 21.6. The van der Waals surface area contributed by atoms with Crippen LogP contribution in [-0.2, 0) is 0 Å². The molecule has 98 valence electrons. The van der Waals surface area contributed by atoms with E-state index in [1.54, 1.807) is 0 Å². The van der Waals surface area contributed by atoms with Crippen molar-refractivity contribution in [2.45, 2.75) is 13.0 Å². The smallest absolute Gasteiger partial charge is 0.290 e. The Labute approximate surface area is 113 Å². The predicted octanol–water partition coefficient (Wildman–Crippen LogP) is 2.01. The number of rotatable bonds is 4. The number of nitro benzene ring substituents is 1. The van der Waals surface area contributed by atoms with E-state index in [1.165, 1.54) is 13.0 Å². The van der Waals surface area contributed by atoms with Crippen molar-refractivity contribution in [1.29, 1.82) is 0 Å². The fraction of sp³-hybridized carbons (Fsp3) is 0.300. The molecule has 0 spiro atoms. The Morgan fingerprint density at radius 2 is 2.17 bits per heavy atom. The molecular formula is C10H10Cl2N2O4. The van der Waals surface area contributed by atoms with Crippen molar-refractivity contribution < 1.29 is 14.8 Å². The molecule has 0 aromatic heterocycles. The van der Waals surface area contributed by atoms with E-state index in [9.17, 15) is 14.9 Å². The summed E-state index contributed by atoms with van der Waals surface area (Å²) in [7, 11) is 0. The van der Waals surface area contributed by atoms with Crippen molar-refractivity contribution in [3.05, 3.63) is 37.9 Å². The number of benzene rings is 1. The van der Waals surface area contributed by atoms with Gasteiger partial charge in [0.1, 0.15) is 5.02 Å². The molecular weight excluding hydrogens is 283 g/mol. The van der Waals surface area contributed by atoms with Crippen LogP contribution in [0.25, 0.3) is 0 Å². The van der Waals surface area contributed by atoms with Gasteiger partial charge in [-0.2, -0.15) is 0 Å². The van der Waals surface area contributed by atoms with Gasteiger partial charge in [0, 0.05) is 18.2 Å². The number of amides is 1. The molecule has 0 saturated heterocycles. The fourth-order valence-corrected chi connectivity index (χ4v) is 1.57. The summed E-state index contributed by atoms with van der Waals surface area (Å²) in [6.45, 7) is 1.53. The van der Waals surface area contributed by atoms with E-state index in [0.29, 0.717) is 0 Å². The van der Waals surface area contributed by atoms with Gasteiger partial charge in [-0.1, -0.05) is 23.2 Å². The first-order valence-corrected chi connectivity index (χ1v) is 5.68. The highest BCUT2D eigenvalue weighted by Crippen LogP contribution is 2.32. The number of carbonyl (C=O) groups is 1. The molecule has 18 heavy (non-hydrogen) atoms. The molecule has 0 aliphatic heterocycles. The summed E-state index contributed by atoms with van der Waals surface area (Å²) in [5.41, 5.74) is -0.428. The molecule has 0 fully saturated rings. The third-order valence-electron chi connectivity index (χ3n) is 2.03. The Morgan fingerprint density at radius 1 is 1.56 bits per heavy atom. The zero-order valence-electron chi connectivity index (χ0n) is 9.31. The van der Waals surface area contributed by atoms with Gasteiger partial charge in [-0.3, -0.25) is 14.9 Å². The molecule has 6 nitrogen and oxygen atoms in total. The topological polar surface area (TPSA) is 92.5 Å². The number of nitrogens with one attached hydrogen (secondary N) is 1. The second-order valence-corrected chi connectivity index (χ2v) is 4.39. The SMILES string of the molecule is CC(O)CNC(=O)c1cc(Cl)c(Cl)c([N+](=O)[O-])c1. The lowest BCUT2D eigenvalue weighted by Crippen LogP contribution is -2.30. The quantitative estimate of drug-likeness (QED) is 0.656. The molecule has 0 radical (unpaired) electrons. The van der Waals surface area contributed by atoms with E-state index in [0.717, 1.165) is 6.07 Å². The van der Waals surface area contributed by atoms with Gasteiger partial charge in [-0.15, -0.1) is 0 Å². The zero-order chi connectivity index (χ0) is 13.9. The summed E-state index contributed by atoms with van der Waals surface area (Å²) < 4.78 is 0. The van der Waals surface area contributed by atoms with Crippen LogP contribution in [0.2, 0.25) is 10.0 Å². The van der Waals surface area contributed by atoms with Crippen LogP contribution in [-0.4, -0.2) is 28.6 Å². The van der Waals surface area contributed by atoms with Crippen LogP contribution in [0.15, 0.2) is 12.1 Å². The third kappa shape index (κ3) is 3.56. The second-order valence-electron chi connectivity index (χ2n) is 3.61. The Balaban J connectivity index is 3.03. The summed E-state index contributed by atoms with van der Waals surface area (Å²) >= 11 is 11.4. The number of aliphatic hydroxyl groups excluding tert-OH is 1. The number of carbonyl (C=O) groups excluding carboxylic acids is 1. The number of hydrogen-bond acceptors (Lipinski definition) is 4. The number of hydrogen-bond donors (Lipinski definition) is 2. The Morgan fingerprint density at radius 3 is 2.67 bits per heavy atom. The molecule has 0 aliphatic carbocycles. The van der Waals surface area contributed by atoms with Crippen LogP contribution in [0.4, 0.5) is 5.69 Å². The molecule has 1 rings (SSSR count). The van der Waals surface area contributed by atoms with Crippen LogP contribution in [0.3, 0.4) is 0 Å². The minimum Gasteiger partial charge on any atom is -0.392 e. The minimum absolute atomic E-state index is 0.0109. The lowest BCUT2D eigenvalue weighted by molar-refractivity contribution is -0.384. The summed E-state index contributed by atoms with van der Waals surface area (Å²) in [5.74, 6) is -0.572. The monoisotopic (exact) mass is 292 g/mol. The number of aliphatic hydroxyl groups is 1. The highest BCUT2D eigenvalue weighted by atomic mass is 35.5. The third-order valence-corrected chi connectivity index (χ3v) is 2.82.